The molecule has 6 nitrogen and oxygen atoms in total. The maximum absolute atomic E-state index is 12.4. The molecular formula is C17H22N2O4. The molecule has 1 heterocycles. The van der Waals surface area contributed by atoms with Gasteiger partial charge in [0.2, 0.25) is 5.91 Å². The number of likely N-dealkylation sites (tertiary alicyclic amines) is 1. The number of hydrogen-bond acceptors (Lipinski definition) is 4. The molecule has 1 saturated heterocycles. The van der Waals surface area contributed by atoms with Crippen LogP contribution in [-0.4, -0.2) is 41.9 Å². The maximum atomic E-state index is 12.4. The average molecular weight is 318 g/mol. The van der Waals surface area contributed by atoms with Crippen LogP contribution in [0.1, 0.15) is 42.6 Å². The van der Waals surface area contributed by atoms with Crippen molar-refractivity contribution < 1.29 is 19.1 Å². The fourth-order valence-corrected chi connectivity index (χ4v) is 2.65. The van der Waals surface area contributed by atoms with Crippen LogP contribution in [0.2, 0.25) is 0 Å². The van der Waals surface area contributed by atoms with Gasteiger partial charge in [0, 0.05) is 20.0 Å². The second kappa shape index (κ2) is 7.26. The predicted molar refractivity (Wildman–Crippen MR) is 86.2 cm³/mol. The second-order valence-electron chi connectivity index (χ2n) is 5.76. The molecule has 1 N–H and O–H groups in total. The lowest BCUT2D eigenvalue weighted by Crippen LogP contribution is -2.38. The molecule has 1 fully saturated rings. The first-order chi connectivity index (χ1) is 10.9. The standard InChI is InChI=1S/C17H22N2O4/c1-11-7-6-8-14(15(11)18-13(3)20)17(22)23-12(2)16(21)19-9-4-5-10-19/h6-8,12H,4-5,9-10H2,1-3H3,(H,18,20). The molecule has 1 unspecified atom stereocenters. The molecule has 1 aromatic carbocycles. The minimum Gasteiger partial charge on any atom is -0.449 e. The van der Waals surface area contributed by atoms with Gasteiger partial charge in [-0.15, -0.1) is 0 Å². The van der Waals surface area contributed by atoms with Crippen LogP contribution >= 0.6 is 0 Å². The number of esters is 1. The summed E-state index contributed by atoms with van der Waals surface area (Å²) in [7, 11) is 0. The van der Waals surface area contributed by atoms with Gasteiger partial charge in [0.15, 0.2) is 6.10 Å². The lowest BCUT2D eigenvalue weighted by Gasteiger charge is -2.21. The van der Waals surface area contributed by atoms with Crippen molar-refractivity contribution in [3.63, 3.8) is 0 Å². The summed E-state index contributed by atoms with van der Waals surface area (Å²) < 4.78 is 5.31. The highest BCUT2D eigenvalue weighted by molar-refractivity contribution is 6.02. The summed E-state index contributed by atoms with van der Waals surface area (Å²) in [6, 6.07) is 5.08. The number of ether oxygens (including phenoxy) is 1. The van der Waals surface area contributed by atoms with Gasteiger partial charge in [-0.2, -0.15) is 0 Å². The van der Waals surface area contributed by atoms with E-state index in [0.717, 1.165) is 18.4 Å². The Kier molecular flexibility index (Phi) is 5.36. The van der Waals surface area contributed by atoms with Gasteiger partial charge in [-0.1, -0.05) is 12.1 Å². The van der Waals surface area contributed by atoms with Gasteiger partial charge < -0.3 is 15.0 Å². The lowest BCUT2D eigenvalue weighted by molar-refractivity contribution is -0.138. The average Bonchev–Trinajstić information content (AvgIpc) is 3.02. The van der Waals surface area contributed by atoms with E-state index in [-0.39, 0.29) is 17.4 Å². The quantitative estimate of drug-likeness (QED) is 0.863. The zero-order valence-electron chi connectivity index (χ0n) is 13.7. The van der Waals surface area contributed by atoms with Crippen LogP contribution in [0, 0.1) is 6.92 Å². The van der Waals surface area contributed by atoms with Crippen LogP contribution in [0.5, 0.6) is 0 Å². The molecule has 6 heteroatoms. The van der Waals surface area contributed by atoms with Gasteiger partial charge in [-0.05, 0) is 38.3 Å². The van der Waals surface area contributed by atoms with Crippen LogP contribution in [0.4, 0.5) is 5.69 Å². The first-order valence-corrected chi connectivity index (χ1v) is 7.77. The third-order valence-electron chi connectivity index (χ3n) is 3.84. The molecule has 0 bridgehead atoms. The molecule has 0 saturated carbocycles. The minimum absolute atomic E-state index is 0.176. The highest BCUT2D eigenvalue weighted by atomic mass is 16.5. The van der Waals surface area contributed by atoms with Crippen LogP contribution in [0.15, 0.2) is 18.2 Å². The highest BCUT2D eigenvalue weighted by Crippen LogP contribution is 2.22. The van der Waals surface area contributed by atoms with Crippen LogP contribution in [-0.2, 0) is 14.3 Å². The van der Waals surface area contributed by atoms with Crippen molar-refractivity contribution in [1.82, 2.24) is 4.90 Å². The van der Waals surface area contributed by atoms with Gasteiger partial charge in [0.25, 0.3) is 5.91 Å². The summed E-state index contributed by atoms with van der Waals surface area (Å²) in [5, 5.41) is 2.65. The zero-order chi connectivity index (χ0) is 17.0. The molecule has 2 rings (SSSR count). The molecule has 1 aromatic rings. The molecule has 1 aliphatic heterocycles. The Morgan fingerprint density at radius 1 is 1.22 bits per heavy atom. The second-order valence-corrected chi connectivity index (χ2v) is 5.76. The maximum Gasteiger partial charge on any atom is 0.341 e. The van der Waals surface area contributed by atoms with Crippen molar-refractivity contribution in [2.45, 2.75) is 39.7 Å². The molecule has 124 valence electrons. The molecule has 23 heavy (non-hydrogen) atoms. The number of benzene rings is 1. The number of hydrogen-bond donors (Lipinski definition) is 1. The molecule has 1 aliphatic rings. The Morgan fingerprint density at radius 3 is 2.48 bits per heavy atom. The van der Waals surface area contributed by atoms with Crippen molar-refractivity contribution in [2.75, 3.05) is 18.4 Å². The lowest BCUT2D eigenvalue weighted by atomic mass is 10.1. The molecule has 2 amide bonds. The van der Waals surface area contributed by atoms with E-state index in [0.29, 0.717) is 18.8 Å². The van der Waals surface area contributed by atoms with E-state index in [9.17, 15) is 14.4 Å². The zero-order valence-corrected chi connectivity index (χ0v) is 13.7. The third-order valence-corrected chi connectivity index (χ3v) is 3.84. The summed E-state index contributed by atoms with van der Waals surface area (Å²) in [5.74, 6) is -1.06. The number of anilines is 1. The van der Waals surface area contributed by atoms with Crippen molar-refractivity contribution in [3.05, 3.63) is 29.3 Å². The monoisotopic (exact) mass is 318 g/mol. The molecule has 0 spiro atoms. The smallest absolute Gasteiger partial charge is 0.341 e. The first-order valence-electron chi connectivity index (χ1n) is 7.77. The van der Waals surface area contributed by atoms with Crippen molar-refractivity contribution >= 4 is 23.5 Å². The van der Waals surface area contributed by atoms with E-state index >= 15 is 0 Å². The molecular weight excluding hydrogens is 296 g/mol. The Labute approximate surface area is 135 Å². The van der Waals surface area contributed by atoms with Crippen molar-refractivity contribution in [3.8, 4) is 0 Å². The summed E-state index contributed by atoms with van der Waals surface area (Å²) in [4.78, 5) is 37.6. The summed E-state index contributed by atoms with van der Waals surface area (Å²) in [6.45, 7) is 6.17. The number of aryl methyl sites for hydroxylation is 1. The van der Waals surface area contributed by atoms with Gasteiger partial charge in [-0.3, -0.25) is 9.59 Å². The Balaban J connectivity index is 2.12. The number of nitrogens with one attached hydrogen (secondary N) is 1. The highest BCUT2D eigenvalue weighted by Gasteiger charge is 2.27. The largest absolute Gasteiger partial charge is 0.449 e. The Morgan fingerprint density at radius 2 is 1.87 bits per heavy atom. The molecule has 0 aromatic heterocycles. The molecule has 1 atom stereocenters. The van der Waals surface area contributed by atoms with E-state index in [2.05, 4.69) is 5.32 Å². The van der Waals surface area contributed by atoms with Gasteiger partial charge >= 0.3 is 5.97 Å². The van der Waals surface area contributed by atoms with Gasteiger partial charge in [0.1, 0.15) is 0 Å². The topological polar surface area (TPSA) is 75.7 Å². The predicted octanol–water partition coefficient (Wildman–Crippen LogP) is 2.12. The van der Waals surface area contributed by atoms with E-state index in [1.807, 2.05) is 0 Å². The minimum atomic E-state index is -0.841. The number of nitrogens with zero attached hydrogens (tertiary/aromatic N) is 1. The Hall–Kier alpha value is -2.37. The number of rotatable bonds is 4. The number of amides is 2. The molecule has 0 aliphatic carbocycles. The normalized spacial score (nSPS) is 15.2. The number of carbonyl (C=O) groups excluding carboxylic acids is 3. The van der Waals surface area contributed by atoms with Gasteiger partial charge in [-0.25, -0.2) is 4.79 Å². The summed E-state index contributed by atoms with van der Waals surface area (Å²) >= 11 is 0. The Bertz CT molecular complexity index is 621. The summed E-state index contributed by atoms with van der Waals surface area (Å²) in [6.07, 6.45) is 1.12. The van der Waals surface area contributed by atoms with Gasteiger partial charge in [0.05, 0.1) is 11.3 Å². The molecule has 0 radical (unpaired) electrons. The van der Waals surface area contributed by atoms with E-state index in [4.69, 9.17) is 4.74 Å². The van der Waals surface area contributed by atoms with E-state index in [1.54, 1.807) is 36.9 Å². The third kappa shape index (κ3) is 4.09. The SMILES string of the molecule is CC(=O)Nc1c(C)cccc1C(=O)OC(C)C(=O)N1CCCC1. The van der Waals surface area contributed by atoms with Crippen molar-refractivity contribution in [1.29, 1.82) is 0 Å². The number of carbonyl (C=O) groups is 3. The van der Waals surface area contributed by atoms with Crippen molar-refractivity contribution in [2.24, 2.45) is 0 Å². The fraction of sp³-hybridized carbons (Fsp3) is 0.471. The fourth-order valence-electron chi connectivity index (χ4n) is 2.65. The van der Waals surface area contributed by atoms with Crippen LogP contribution < -0.4 is 5.32 Å². The van der Waals surface area contributed by atoms with Crippen LogP contribution in [0.25, 0.3) is 0 Å². The van der Waals surface area contributed by atoms with E-state index in [1.165, 1.54) is 6.92 Å². The first kappa shape index (κ1) is 17.0. The van der Waals surface area contributed by atoms with Crippen LogP contribution in [0.3, 0.4) is 0 Å². The summed E-state index contributed by atoms with van der Waals surface area (Å²) in [5.41, 5.74) is 1.43. The van der Waals surface area contributed by atoms with E-state index < -0.39 is 12.1 Å². The number of para-hydroxylation sites is 1.